The van der Waals surface area contributed by atoms with E-state index in [-0.39, 0.29) is 0 Å². The summed E-state index contributed by atoms with van der Waals surface area (Å²) in [5, 5.41) is 8.82. The second kappa shape index (κ2) is 5.87. The predicted molar refractivity (Wildman–Crippen MR) is 55.6 cm³/mol. The average Bonchev–Trinajstić information content (AvgIpc) is 2.06. The highest BCUT2D eigenvalue weighted by molar-refractivity contribution is 7.80. The van der Waals surface area contributed by atoms with Crippen molar-refractivity contribution < 1.29 is 5.11 Å². The molecule has 1 aliphatic carbocycles. The number of hydrogen-bond donors (Lipinski definition) is 2. The van der Waals surface area contributed by atoms with E-state index < -0.39 is 0 Å². The van der Waals surface area contributed by atoms with Gasteiger partial charge in [-0.3, -0.25) is 0 Å². The van der Waals surface area contributed by atoms with Crippen LogP contribution < -0.4 is 0 Å². The van der Waals surface area contributed by atoms with E-state index >= 15 is 0 Å². The number of aliphatic hydroxyl groups excluding tert-OH is 1. The Kier molecular flexibility index (Phi) is 5.08. The molecule has 1 nitrogen and oxygen atoms in total. The van der Waals surface area contributed by atoms with E-state index in [1.165, 1.54) is 32.1 Å². The van der Waals surface area contributed by atoms with Gasteiger partial charge in [0.05, 0.1) is 0 Å². The lowest BCUT2D eigenvalue weighted by Gasteiger charge is -2.28. The summed E-state index contributed by atoms with van der Waals surface area (Å²) in [4.78, 5) is 0. The molecule has 72 valence electrons. The maximum atomic E-state index is 8.82. The summed E-state index contributed by atoms with van der Waals surface area (Å²) in [7, 11) is 0. The molecular weight excluding hydrogens is 168 g/mol. The second-order valence-corrected chi connectivity index (χ2v) is 4.37. The third-order valence-corrected chi connectivity index (χ3v) is 3.22. The SMILES string of the molecule is OCCC1CCCC(CCS)C1. The molecule has 0 aromatic carbocycles. The summed E-state index contributed by atoms with van der Waals surface area (Å²) in [5.74, 6) is 2.72. The fourth-order valence-electron chi connectivity index (χ4n) is 2.29. The Morgan fingerprint density at radius 1 is 1.17 bits per heavy atom. The zero-order valence-corrected chi connectivity index (χ0v) is 8.60. The van der Waals surface area contributed by atoms with Crippen molar-refractivity contribution in [3.05, 3.63) is 0 Å². The van der Waals surface area contributed by atoms with Gasteiger partial charge in [-0.25, -0.2) is 0 Å². The highest BCUT2D eigenvalue weighted by Crippen LogP contribution is 2.32. The first-order chi connectivity index (χ1) is 5.86. The first-order valence-electron chi connectivity index (χ1n) is 5.08. The molecule has 0 aliphatic heterocycles. The third kappa shape index (κ3) is 3.36. The maximum Gasteiger partial charge on any atom is 0.0433 e. The van der Waals surface area contributed by atoms with Crippen LogP contribution in [0.15, 0.2) is 0 Å². The molecule has 12 heavy (non-hydrogen) atoms. The van der Waals surface area contributed by atoms with Gasteiger partial charge in [-0.1, -0.05) is 19.3 Å². The van der Waals surface area contributed by atoms with Crippen molar-refractivity contribution >= 4 is 12.6 Å². The van der Waals surface area contributed by atoms with Crippen LogP contribution in [0.25, 0.3) is 0 Å². The standard InChI is InChI=1S/C10H20OS/c11-6-4-9-2-1-3-10(8-9)5-7-12/h9-12H,1-8H2. The van der Waals surface area contributed by atoms with Gasteiger partial charge >= 0.3 is 0 Å². The molecule has 0 amide bonds. The smallest absolute Gasteiger partial charge is 0.0433 e. The van der Waals surface area contributed by atoms with Crippen LogP contribution in [0.3, 0.4) is 0 Å². The van der Waals surface area contributed by atoms with Gasteiger partial charge in [0.25, 0.3) is 0 Å². The number of aliphatic hydroxyl groups is 1. The Morgan fingerprint density at radius 2 is 1.83 bits per heavy atom. The van der Waals surface area contributed by atoms with Crippen LogP contribution in [-0.2, 0) is 0 Å². The largest absolute Gasteiger partial charge is 0.396 e. The highest BCUT2D eigenvalue weighted by Gasteiger charge is 2.20. The van der Waals surface area contributed by atoms with Crippen molar-refractivity contribution in [3.8, 4) is 0 Å². The van der Waals surface area contributed by atoms with Gasteiger partial charge in [0.2, 0.25) is 0 Å². The third-order valence-electron chi connectivity index (χ3n) is 2.97. The van der Waals surface area contributed by atoms with Gasteiger partial charge in [-0.2, -0.15) is 12.6 Å². The van der Waals surface area contributed by atoms with E-state index in [4.69, 9.17) is 5.11 Å². The van der Waals surface area contributed by atoms with Crippen molar-refractivity contribution in [3.63, 3.8) is 0 Å². The molecule has 2 heteroatoms. The minimum atomic E-state index is 0.373. The molecule has 0 spiro atoms. The van der Waals surface area contributed by atoms with Crippen LogP contribution in [0.5, 0.6) is 0 Å². The molecule has 0 radical (unpaired) electrons. The molecule has 1 fully saturated rings. The van der Waals surface area contributed by atoms with Crippen molar-refractivity contribution in [2.45, 2.75) is 38.5 Å². The molecular formula is C10H20OS. The number of rotatable bonds is 4. The quantitative estimate of drug-likeness (QED) is 0.650. The maximum absolute atomic E-state index is 8.82. The van der Waals surface area contributed by atoms with Crippen LogP contribution >= 0.6 is 12.6 Å². The molecule has 2 atom stereocenters. The van der Waals surface area contributed by atoms with Crippen molar-refractivity contribution in [2.75, 3.05) is 12.4 Å². The molecule has 1 saturated carbocycles. The van der Waals surface area contributed by atoms with Crippen molar-refractivity contribution in [1.29, 1.82) is 0 Å². The lowest BCUT2D eigenvalue weighted by molar-refractivity contribution is 0.198. The summed E-state index contributed by atoms with van der Waals surface area (Å²) in [5.41, 5.74) is 0. The fraction of sp³-hybridized carbons (Fsp3) is 1.00. The Bertz CT molecular complexity index is 100. The van der Waals surface area contributed by atoms with E-state index in [2.05, 4.69) is 12.6 Å². The van der Waals surface area contributed by atoms with Gasteiger partial charge in [-0.15, -0.1) is 0 Å². The van der Waals surface area contributed by atoms with Crippen molar-refractivity contribution in [2.24, 2.45) is 11.8 Å². The van der Waals surface area contributed by atoms with Crippen LogP contribution in [0.1, 0.15) is 38.5 Å². The van der Waals surface area contributed by atoms with Crippen LogP contribution in [-0.4, -0.2) is 17.5 Å². The van der Waals surface area contributed by atoms with Gasteiger partial charge in [0.1, 0.15) is 0 Å². The summed E-state index contributed by atoms with van der Waals surface area (Å²) in [6.45, 7) is 0.373. The Morgan fingerprint density at radius 3 is 2.42 bits per heavy atom. The first-order valence-corrected chi connectivity index (χ1v) is 5.71. The Labute approximate surface area is 81.0 Å². The molecule has 0 bridgehead atoms. The summed E-state index contributed by atoms with van der Waals surface area (Å²) in [6, 6.07) is 0. The molecule has 0 saturated heterocycles. The van der Waals surface area contributed by atoms with E-state index in [9.17, 15) is 0 Å². The van der Waals surface area contributed by atoms with Gasteiger partial charge in [0, 0.05) is 6.61 Å². The van der Waals surface area contributed by atoms with E-state index in [0.717, 1.165) is 24.0 Å². The van der Waals surface area contributed by atoms with Gasteiger partial charge in [0.15, 0.2) is 0 Å². The lowest BCUT2D eigenvalue weighted by Crippen LogP contribution is -2.16. The second-order valence-electron chi connectivity index (χ2n) is 3.92. The minimum Gasteiger partial charge on any atom is -0.396 e. The van der Waals surface area contributed by atoms with E-state index in [1.54, 1.807) is 0 Å². The Hall–Kier alpha value is 0.310. The van der Waals surface area contributed by atoms with Gasteiger partial charge in [-0.05, 0) is 36.9 Å². The normalized spacial score (nSPS) is 30.5. The predicted octanol–water partition coefficient (Wildman–Crippen LogP) is 2.50. The van der Waals surface area contributed by atoms with Crippen LogP contribution in [0.2, 0.25) is 0 Å². The summed E-state index contributed by atoms with van der Waals surface area (Å²) in [6.07, 6.45) is 7.71. The molecule has 1 N–H and O–H groups in total. The molecule has 0 heterocycles. The summed E-state index contributed by atoms with van der Waals surface area (Å²) >= 11 is 4.26. The zero-order valence-electron chi connectivity index (χ0n) is 7.71. The van der Waals surface area contributed by atoms with E-state index in [0.29, 0.717) is 6.61 Å². The fourth-order valence-corrected chi connectivity index (χ4v) is 2.66. The monoisotopic (exact) mass is 188 g/mol. The van der Waals surface area contributed by atoms with E-state index in [1.807, 2.05) is 0 Å². The number of thiol groups is 1. The number of hydrogen-bond acceptors (Lipinski definition) is 2. The lowest BCUT2D eigenvalue weighted by atomic mass is 9.79. The summed E-state index contributed by atoms with van der Waals surface area (Å²) < 4.78 is 0. The van der Waals surface area contributed by atoms with Crippen LogP contribution in [0, 0.1) is 11.8 Å². The topological polar surface area (TPSA) is 20.2 Å². The van der Waals surface area contributed by atoms with Gasteiger partial charge < -0.3 is 5.11 Å². The van der Waals surface area contributed by atoms with Crippen molar-refractivity contribution in [1.82, 2.24) is 0 Å². The molecule has 1 aliphatic rings. The minimum absolute atomic E-state index is 0.373. The average molecular weight is 188 g/mol. The molecule has 0 aromatic rings. The zero-order chi connectivity index (χ0) is 8.81. The molecule has 0 aromatic heterocycles. The highest BCUT2D eigenvalue weighted by atomic mass is 32.1. The molecule has 1 rings (SSSR count). The van der Waals surface area contributed by atoms with Crippen LogP contribution in [0.4, 0.5) is 0 Å². The Balaban J connectivity index is 2.20. The molecule has 2 unspecified atom stereocenters. The first kappa shape index (κ1) is 10.4.